The molecule has 6 nitrogen and oxygen atoms in total. The Balaban J connectivity index is 1.31. The third-order valence-electron chi connectivity index (χ3n) is 4.98. The lowest BCUT2D eigenvalue weighted by molar-refractivity contribution is -0.117. The average Bonchev–Trinajstić information content (AvgIpc) is 3.22. The smallest absolute Gasteiger partial charge is 0.224 e. The molecule has 4 rings (SSSR count). The van der Waals surface area contributed by atoms with Gasteiger partial charge in [-0.1, -0.05) is 30.3 Å². The minimum absolute atomic E-state index is 0.0545. The van der Waals surface area contributed by atoms with Gasteiger partial charge in [0, 0.05) is 30.6 Å². The second-order valence-electron chi connectivity index (χ2n) is 7.07. The standard InChI is InChI=1S/C20H23N5O/c1-14-18-10-17(11-21-20(18)24-23-14)22-19(26)9-16-7-8-25(13-16)12-15-5-3-2-4-6-15/h2-6,10-11,16H,7-9,12-13H2,1H3,(H,22,26)(H,21,23,24)/t16-/m0/s1. The highest BCUT2D eigenvalue weighted by Crippen LogP contribution is 2.23. The number of hydrogen-bond donors (Lipinski definition) is 2. The normalized spacial score (nSPS) is 17.7. The zero-order valence-electron chi connectivity index (χ0n) is 14.9. The first-order chi connectivity index (χ1) is 12.7. The van der Waals surface area contributed by atoms with Crippen molar-refractivity contribution in [2.75, 3.05) is 18.4 Å². The number of anilines is 1. The molecule has 1 saturated heterocycles. The molecule has 0 bridgehead atoms. The van der Waals surface area contributed by atoms with Crippen LogP contribution in [-0.4, -0.2) is 39.1 Å². The Morgan fingerprint density at radius 2 is 2.19 bits per heavy atom. The molecule has 3 aromatic rings. The highest BCUT2D eigenvalue weighted by atomic mass is 16.1. The molecular weight excluding hydrogens is 326 g/mol. The number of pyridine rings is 1. The van der Waals surface area contributed by atoms with E-state index in [-0.39, 0.29) is 5.91 Å². The van der Waals surface area contributed by atoms with Gasteiger partial charge >= 0.3 is 0 Å². The van der Waals surface area contributed by atoms with Crippen LogP contribution in [0.25, 0.3) is 11.0 Å². The Hall–Kier alpha value is -2.73. The summed E-state index contributed by atoms with van der Waals surface area (Å²) in [5.41, 5.74) is 3.68. The summed E-state index contributed by atoms with van der Waals surface area (Å²) in [6.45, 7) is 4.93. The van der Waals surface area contributed by atoms with Crippen LogP contribution >= 0.6 is 0 Å². The summed E-state index contributed by atoms with van der Waals surface area (Å²) in [6, 6.07) is 12.4. The third kappa shape index (κ3) is 3.75. The van der Waals surface area contributed by atoms with E-state index >= 15 is 0 Å². The molecule has 1 atom stereocenters. The topological polar surface area (TPSA) is 73.9 Å². The predicted octanol–water partition coefficient (Wildman–Crippen LogP) is 3.12. The zero-order chi connectivity index (χ0) is 17.9. The summed E-state index contributed by atoms with van der Waals surface area (Å²) in [7, 11) is 0. The number of carbonyl (C=O) groups excluding carboxylic acids is 1. The third-order valence-corrected chi connectivity index (χ3v) is 4.98. The van der Waals surface area contributed by atoms with Crippen molar-refractivity contribution in [2.45, 2.75) is 26.3 Å². The number of rotatable bonds is 5. The minimum Gasteiger partial charge on any atom is -0.325 e. The largest absolute Gasteiger partial charge is 0.325 e. The predicted molar refractivity (Wildman–Crippen MR) is 102 cm³/mol. The van der Waals surface area contributed by atoms with E-state index in [2.05, 4.69) is 49.7 Å². The van der Waals surface area contributed by atoms with E-state index < -0.39 is 0 Å². The van der Waals surface area contributed by atoms with Crippen LogP contribution in [-0.2, 0) is 11.3 Å². The average molecular weight is 349 g/mol. The molecule has 0 saturated carbocycles. The lowest BCUT2D eigenvalue weighted by atomic mass is 10.0. The highest BCUT2D eigenvalue weighted by Gasteiger charge is 2.24. The maximum Gasteiger partial charge on any atom is 0.224 e. The molecule has 2 N–H and O–H groups in total. The van der Waals surface area contributed by atoms with Crippen molar-refractivity contribution in [2.24, 2.45) is 5.92 Å². The van der Waals surface area contributed by atoms with E-state index in [9.17, 15) is 4.79 Å². The van der Waals surface area contributed by atoms with Crippen LogP contribution in [0, 0.1) is 12.8 Å². The lowest BCUT2D eigenvalue weighted by Gasteiger charge is -2.16. The summed E-state index contributed by atoms with van der Waals surface area (Å²) < 4.78 is 0. The molecule has 0 radical (unpaired) electrons. The molecule has 1 aliphatic rings. The summed E-state index contributed by atoms with van der Waals surface area (Å²) >= 11 is 0. The van der Waals surface area contributed by atoms with Crippen molar-refractivity contribution >= 4 is 22.6 Å². The molecule has 1 aromatic carbocycles. The molecule has 3 heterocycles. The van der Waals surface area contributed by atoms with E-state index in [1.54, 1.807) is 6.20 Å². The molecular formula is C20H23N5O. The maximum atomic E-state index is 12.4. The quantitative estimate of drug-likeness (QED) is 0.742. The van der Waals surface area contributed by atoms with Gasteiger partial charge in [-0.05, 0) is 37.4 Å². The Kier molecular flexibility index (Phi) is 4.67. The number of benzene rings is 1. The van der Waals surface area contributed by atoms with Gasteiger partial charge in [-0.25, -0.2) is 4.98 Å². The Bertz CT molecular complexity index is 905. The number of nitrogens with zero attached hydrogens (tertiary/aromatic N) is 3. The van der Waals surface area contributed by atoms with Gasteiger partial charge in [0.05, 0.1) is 11.9 Å². The van der Waals surface area contributed by atoms with E-state index in [1.807, 2.05) is 19.1 Å². The van der Waals surface area contributed by atoms with Gasteiger partial charge in [0.2, 0.25) is 5.91 Å². The van der Waals surface area contributed by atoms with Gasteiger partial charge in [0.25, 0.3) is 0 Å². The van der Waals surface area contributed by atoms with E-state index in [1.165, 1.54) is 5.56 Å². The molecule has 0 aliphatic carbocycles. The zero-order valence-corrected chi connectivity index (χ0v) is 14.9. The van der Waals surface area contributed by atoms with Crippen molar-refractivity contribution in [1.29, 1.82) is 0 Å². The molecule has 1 fully saturated rings. The number of hydrogen-bond acceptors (Lipinski definition) is 4. The Labute approximate surface area is 152 Å². The molecule has 0 spiro atoms. The second-order valence-corrected chi connectivity index (χ2v) is 7.07. The van der Waals surface area contributed by atoms with Crippen LogP contribution in [0.5, 0.6) is 0 Å². The van der Waals surface area contributed by atoms with Crippen LogP contribution in [0.2, 0.25) is 0 Å². The van der Waals surface area contributed by atoms with E-state index in [0.29, 0.717) is 18.0 Å². The molecule has 2 aromatic heterocycles. The van der Waals surface area contributed by atoms with Gasteiger partial charge in [0.1, 0.15) is 0 Å². The SMILES string of the molecule is Cc1[nH]nc2ncc(NC(=O)C[C@@H]3CCN(Cc4ccccc4)C3)cc12. The molecule has 0 unspecified atom stereocenters. The number of aromatic nitrogens is 3. The number of aryl methyl sites for hydroxylation is 1. The first-order valence-electron chi connectivity index (χ1n) is 9.04. The second kappa shape index (κ2) is 7.25. The van der Waals surface area contributed by atoms with Crippen LogP contribution in [0.3, 0.4) is 0 Å². The summed E-state index contributed by atoms with van der Waals surface area (Å²) in [5.74, 6) is 0.463. The van der Waals surface area contributed by atoms with Gasteiger partial charge in [0.15, 0.2) is 5.65 Å². The van der Waals surface area contributed by atoms with E-state index in [4.69, 9.17) is 0 Å². The van der Waals surface area contributed by atoms with Crippen LogP contribution in [0.15, 0.2) is 42.6 Å². The fourth-order valence-corrected chi connectivity index (χ4v) is 3.63. The van der Waals surface area contributed by atoms with E-state index in [0.717, 1.165) is 42.8 Å². The van der Waals surface area contributed by atoms with Crippen molar-refractivity contribution in [1.82, 2.24) is 20.1 Å². The number of nitrogens with one attached hydrogen (secondary N) is 2. The molecule has 1 aliphatic heterocycles. The lowest BCUT2D eigenvalue weighted by Crippen LogP contribution is -2.22. The molecule has 6 heteroatoms. The monoisotopic (exact) mass is 349 g/mol. The van der Waals surface area contributed by atoms with Gasteiger partial charge < -0.3 is 5.32 Å². The van der Waals surface area contributed by atoms with Crippen molar-refractivity contribution in [3.8, 4) is 0 Å². The number of fused-ring (bicyclic) bond motifs is 1. The first kappa shape index (κ1) is 16.7. The minimum atomic E-state index is 0.0545. The summed E-state index contributed by atoms with van der Waals surface area (Å²) in [4.78, 5) is 19.1. The van der Waals surface area contributed by atoms with Crippen LogP contribution in [0.4, 0.5) is 5.69 Å². The summed E-state index contributed by atoms with van der Waals surface area (Å²) in [5, 5.41) is 10.9. The molecule has 1 amide bonds. The van der Waals surface area contributed by atoms with Crippen LogP contribution < -0.4 is 5.32 Å². The molecule has 134 valence electrons. The maximum absolute atomic E-state index is 12.4. The van der Waals surface area contributed by atoms with Crippen LogP contribution in [0.1, 0.15) is 24.1 Å². The number of likely N-dealkylation sites (tertiary alicyclic amines) is 1. The Morgan fingerprint density at radius 3 is 3.04 bits per heavy atom. The van der Waals surface area contributed by atoms with Crippen molar-refractivity contribution in [3.63, 3.8) is 0 Å². The fraction of sp³-hybridized carbons (Fsp3) is 0.350. The fourth-order valence-electron chi connectivity index (χ4n) is 3.63. The molecule has 26 heavy (non-hydrogen) atoms. The summed E-state index contributed by atoms with van der Waals surface area (Å²) in [6.07, 6.45) is 3.28. The van der Waals surface area contributed by atoms with Gasteiger partial charge in [-0.2, -0.15) is 5.10 Å². The number of carbonyl (C=O) groups is 1. The number of H-pyrrole nitrogens is 1. The van der Waals surface area contributed by atoms with Gasteiger partial charge in [-0.15, -0.1) is 0 Å². The highest BCUT2D eigenvalue weighted by molar-refractivity contribution is 5.93. The number of amides is 1. The first-order valence-corrected chi connectivity index (χ1v) is 9.04. The van der Waals surface area contributed by atoms with Crippen molar-refractivity contribution in [3.05, 3.63) is 53.9 Å². The number of aromatic amines is 1. The van der Waals surface area contributed by atoms with Crippen molar-refractivity contribution < 1.29 is 4.79 Å². The Morgan fingerprint density at radius 1 is 1.35 bits per heavy atom. The van der Waals surface area contributed by atoms with Gasteiger partial charge in [-0.3, -0.25) is 14.8 Å².